The Balaban J connectivity index is 1.79. The monoisotopic (exact) mass is 420 g/mol. The van der Waals surface area contributed by atoms with Gasteiger partial charge in [0.15, 0.2) is 0 Å². The lowest BCUT2D eigenvalue weighted by atomic mass is 9.97. The Morgan fingerprint density at radius 2 is 2.07 bits per heavy atom. The third kappa shape index (κ3) is 3.69. The average molecular weight is 420 g/mol. The smallest absolute Gasteiger partial charge is 0.417 e. The van der Waals surface area contributed by atoms with Crippen molar-refractivity contribution in [1.29, 1.82) is 0 Å². The Bertz CT molecular complexity index is 991. The number of ether oxygens (including phenoxy) is 1. The number of hydrogen-bond donors (Lipinski definition) is 2. The Morgan fingerprint density at radius 3 is 2.77 bits per heavy atom. The number of halogens is 3. The summed E-state index contributed by atoms with van der Waals surface area (Å²) in [6.45, 7) is 6.88. The molecule has 160 valence electrons. The van der Waals surface area contributed by atoms with Crippen LogP contribution in [0.4, 0.5) is 24.5 Å². The molecular formula is C21H23F3N4O2. The van der Waals surface area contributed by atoms with Gasteiger partial charge in [-0.25, -0.2) is 4.98 Å². The van der Waals surface area contributed by atoms with E-state index in [2.05, 4.69) is 15.6 Å². The number of carbonyl (C=O) groups is 1. The molecule has 2 N–H and O–H groups in total. The number of hydrogen-bond acceptors (Lipinski definition) is 5. The molecule has 0 spiro atoms. The van der Waals surface area contributed by atoms with E-state index in [-0.39, 0.29) is 17.4 Å². The molecule has 1 fully saturated rings. The third-order valence-corrected chi connectivity index (χ3v) is 5.18. The van der Waals surface area contributed by atoms with Crippen LogP contribution in [0.1, 0.15) is 47.1 Å². The summed E-state index contributed by atoms with van der Waals surface area (Å²) in [7, 11) is 0. The number of benzene rings is 1. The fraction of sp³-hybridized carbons (Fsp3) is 0.429. The lowest BCUT2D eigenvalue weighted by molar-refractivity contribution is -0.137. The van der Waals surface area contributed by atoms with Gasteiger partial charge < -0.3 is 20.3 Å². The summed E-state index contributed by atoms with van der Waals surface area (Å²) >= 11 is 0. The van der Waals surface area contributed by atoms with Crippen LogP contribution in [0.5, 0.6) is 5.88 Å². The van der Waals surface area contributed by atoms with E-state index in [1.165, 1.54) is 4.90 Å². The van der Waals surface area contributed by atoms with Crippen molar-refractivity contribution in [3.63, 3.8) is 0 Å². The van der Waals surface area contributed by atoms with Gasteiger partial charge in [-0.1, -0.05) is 0 Å². The number of nitrogens with one attached hydrogen (secondary N) is 2. The predicted molar refractivity (Wildman–Crippen MR) is 106 cm³/mol. The zero-order valence-electron chi connectivity index (χ0n) is 16.9. The highest BCUT2D eigenvalue weighted by molar-refractivity contribution is 6.01. The standard InChI is InChI=1S/C21H23F3N4O2/c1-11(2)30-19-16(5-4-12(3)26-19)27-13-8-14-17-10-25-6-7-28(17)20(29)18(14)15(9-13)21(22,23)24/h4-5,8-9,11,17,25,27H,6-7,10H2,1-3H3/t17-/m0/s1. The maximum absolute atomic E-state index is 13.9. The fourth-order valence-electron chi connectivity index (χ4n) is 3.93. The van der Waals surface area contributed by atoms with E-state index in [9.17, 15) is 18.0 Å². The van der Waals surface area contributed by atoms with E-state index in [4.69, 9.17) is 4.74 Å². The minimum Gasteiger partial charge on any atom is -0.473 e. The van der Waals surface area contributed by atoms with Crippen LogP contribution < -0.4 is 15.4 Å². The molecule has 2 aliphatic rings. The molecule has 9 heteroatoms. The molecule has 2 aromatic rings. The number of nitrogens with zero attached hydrogens (tertiary/aromatic N) is 2. The van der Waals surface area contributed by atoms with Gasteiger partial charge in [-0.3, -0.25) is 4.79 Å². The Hall–Kier alpha value is -2.81. The summed E-state index contributed by atoms with van der Waals surface area (Å²) in [4.78, 5) is 18.6. The van der Waals surface area contributed by atoms with Crippen molar-refractivity contribution in [3.8, 4) is 5.88 Å². The predicted octanol–water partition coefficient (Wildman–Crippen LogP) is 4.04. The van der Waals surface area contributed by atoms with Crippen molar-refractivity contribution in [3.05, 3.63) is 46.6 Å². The zero-order chi connectivity index (χ0) is 21.6. The number of anilines is 2. The summed E-state index contributed by atoms with van der Waals surface area (Å²) in [5, 5.41) is 6.18. The topological polar surface area (TPSA) is 66.5 Å². The first-order valence-corrected chi connectivity index (χ1v) is 9.83. The molecule has 0 radical (unpaired) electrons. The normalized spacial score (nSPS) is 18.4. The molecular weight excluding hydrogens is 397 g/mol. The molecule has 0 unspecified atom stereocenters. The van der Waals surface area contributed by atoms with Crippen molar-refractivity contribution >= 4 is 17.3 Å². The van der Waals surface area contributed by atoms with Crippen molar-refractivity contribution in [2.24, 2.45) is 0 Å². The second-order valence-corrected chi connectivity index (χ2v) is 7.80. The van der Waals surface area contributed by atoms with Crippen molar-refractivity contribution in [1.82, 2.24) is 15.2 Å². The van der Waals surface area contributed by atoms with Gasteiger partial charge in [-0.15, -0.1) is 0 Å². The maximum atomic E-state index is 13.9. The molecule has 4 rings (SSSR count). The van der Waals surface area contributed by atoms with Gasteiger partial charge in [-0.05, 0) is 50.6 Å². The summed E-state index contributed by atoms with van der Waals surface area (Å²) < 4.78 is 47.3. The summed E-state index contributed by atoms with van der Waals surface area (Å²) in [5.74, 6) is -0.243. The number of aryl methyl sites for hydroxylation is 1. The van der Waals surface area contributed by atoms with Gasteiger partial charge in [0.2, 0.25) is 5.88 Å². The van der Waals surface area contributed by atoms with Gasteiger partial charge in [0, 0.05) is 31.0 Å². The summed E-state index contributed by atoms with van der Waals surface area (Å²) in [5.41, 5.74) is 0.646. The van der Waals surface area contributed by atoms with E-state index in [1.54, 1.807) is 18.2 Å². The number of amides is 1. The van der Waals surface area contributed by atoms with Gasteiger partial charge in [0.05, 0.1) is 23.3 Å². The highest BCUT2D eigenvalue weighted by Gasteiger charge is 2.45. The Labute approximate surface area is 172 Å². The molecule has 6 nitrogen and oxygen atoms in total. The van der Waals surface area contributed by atoms with Crippen LogP contribution in [0.3, 0.4) is 0 Å². The van der Waals surface area contributed by atoms with Crippen LogP contribution in [0, 0.1) is 6.92 Å². The molecule has 0 bridgehead atoms. The second kappa shape index (κ2) is 7.46. The van der Waals surface area contributed by atoms with Gasteiger partial charge in [0.1, 0.15) is 5.69 Å². The number of carbonyl (C=O) groups excluding carboxylic acids is 1. The number of pyridine rings is 1. The molecule has 1 atom stereocenters. The van der Waals surface area contributed by atoms with E-state index >= 15 is 0 Å². The lowest BCUT2D eigenvalue weighted by Crippen LogP contribution is -2.44. The largest absolute Gasteiger partial charge is 0.473 e. The number of rotatable bonds is 4. The molecule has 0 aliphatic carbocycles. The van der Waals surface area contributed by atoms with Crippen LogP contribution in [-0.4, -0.2) is 41.5 Å². The van der Waals surface area contributed by atoms with Crippen LogP contribution in [-0.2, 0) is 6.18 Å². The number of alkyl halides is 3. The van der Waals surface area contributed by atoms with E-state index in [1.807, 2.05) is 20.8 Å². The number of fused-ring (bicyclic) bond motifs is 3. The van der Waals surface area contributed by atoms with Gasteiger partial charge >= 0.3 is 6.18 Å². The summed E-state index contributed by atoms with van der Waals surface area (Å²) in [6, 6.07) is 5.68. The van der Waals surface area contributed by atoms with Crippen molar-refractivity contribution in [2.45, 2.75) is 39.1 Å². The van der Waals surface area contributed by atoms with Crippen LogP contribution in [0.2, 0.25) is 0 Å². The summed E-state index contributed by atoms with van der Waals surface area (Å²) in [6.07, 6.45) is -4.80. The van der Waals surface area contributed by atoms with E-state index < -0.39 is 23.7 Å². The van der Waals surface area contributed by atoms with Gasteiger partial charge in [-0.2, -0.15) is 13.2 Å². The Morgan fingerprint density at radius 1 is 1.30 bits per heavy atom. The zero-order valence-corrected chi connectivity index (χ0v) is 16.9. The van der Waals surface area contributed by atoms with Crippen LogP contribution in [0.15, 0.2) is 24.3 Å². The van der Waals surface area contributed by atoms with E-state index in [0.717, 1.165) is 11.8 Å². The first-order valence-electron chi connectivity index (χ1n) is 9.83. The first kappa shape index (κ1) is 20.5. The highest BCUT2D eigenvalue weighted by atomic mass is 19.4. The molecule has 1 saturated heterocycles. The first-order chi connectivity index (χ1) is 14.1. The third-order valence-electron chi connectivity index (χ3n) is 5.18. The second-order valence-electron chi connectivity index (χ2n) is 7.80. The molecule has 30 heavy (non-hydrogen) atoms. The number of aromatic nitrogens is 1. The quantitative estimate of drug-likeness (QED) is 0.782. The molecule has 1 aromatic heterocycles. The van der Waals surface area contributed by atoms with Gasteiger partial charge in [0.25, 0.3) is 5.91 Å². The molecule has 3 heterocycles. The molecule has 1 aromatic carbocycles. The van der Waals surface area contributed by atoms with Crippen LogP contribution in [0.25, 0.3) is 0 Å². The lowest BCUT2D eigenvalue weighted by Gasteiger charge is -2.30. The van der Waals surface area contributed by atoms with Crippen LogP contribution >= 0.6 is 0 Å². The highest BCUT2D eigenvalue weighted by Crippen LogP contribution is 2.44. The maximum Gasteiger partial charge on any atom is 0.417 e. The fourth-order valence-corrected chi connectivity index (χ4v) is 3.93. The average Bonchev–Trinajstić information content (AvgIpc) is 2.95. The number of piperazine rings is 1. The van der Waals surface area contributed by atoms with Crippen molar-refractivity contribution in [2.75, 3.05) is 25.0 Å². The molecule has 1 amide bonds. The minimum atomic E-state index is -4.65. The molecule has 2 aliphatic heterocycles. The minimum absolute atomic E-state index is 0.148. The van der Waals surface area contributed by atoms with Crippen molar-refractivity contribution < 1.29 is 22.7 Å². The Kier molecular flexibility index (Phi) is 5.09. The molecule has 0 saturated carbocycles. The van der Waals surface area contributed by atoms with E-state index in [0.29, 0.717) is 36.8 Å². The SMILES string of the molecule is Cc1ccc(Nc2cc3c(c(C(F)(F)F)c2)C(=O)N2CCNC[C@@H]32)c(OC(C)C)n1.